The number of hydrogen-bond donors (Lipinski definition) is 0. The lowest BCUT2D eigenvalue weighted by Crippen LogP contribution is -1.95. The van der Waals surface area contributed by atoms with Crippen LogP contribution in [0, 0.1) is 0 Å². The van der Waals surface area contributed by atoms with Gasteiger partial charge in [-0.05, 0) is 41.8 Å². The zero-order valence-electron chi connectivity index (χ0n) is 15.2. The highest BCUT2D eigenvalue weighted by Gasteiger charge is 2.12. The van der Waals surface area contributed by atoms with Crippen LogP contribution in [0.15, 0.2) is 91.5 Å². The number of hydrogen-bond acceptors (Lipinski definition) is 0. The van der Waals surface area contributed by atoms with Crippen LogP contribution in [-0.2, 0) is 0 Å². The third kappa shape index (κ3) is 2.76. The molecule has 1 heteroatoms. The van der Waals surface area contributed by atoms with Gasteiger partial charge in [-0.1, -0.05) is 80.6 Å². The van der Waals surface area contributed by atoms with Gasteiger partial charge in [0.15, 0.2) is 0 Å². The normalized spacial score (nSPS) is 12.0. The van der Waals surface area contributed by atoms with Gasteiger partial charge in [-0.3, -0.25) is 0 Å². The van der Waals surface area contributed by atoms with Crippen molar-refractivity contribution in [2.75, 3.05) is 0 Å². The Kier molecular flexibility index (Phi) is 4.45. The van der Waals surface area contributed by atoms with E-state index in [1.54, 1.807) is 0 Å². The molecule has 0 radical (unpaired) electrons. The summed E-state index contributed by atoms with van der Waals surface area (Å²) in [5.41, 5.74) is 6.30. The Hall–Kier alpha value is -3.06. The predicted octanol–water partition coefficient (Wildman–Crippen LogP) is 7.15. The molecule has 0 spiro atoms. The summed E-state index contributed by atoms with van der Waals surface area (Å²) >= 11 is 0. The Bertz CT molecular complexity index is 1060. The maximum Gasteiger partial charge on any atom is 0.0541 e. The van der Waals surface area contributed by atoms with Crippen molar-refractivity contribution >= 4 is 27.4 Å². The molecular weight excluding hydrogens is 314 g/mol. The average molecular weight is 337 g/mol. The van der Waals surface area contributed by atoms with Crippen molar-refractivity contribution in [3.63, 3.8) is 0 Å². The Labute approximate surface area is 154 Å². The molecule has 4 aromatic rings. The van der Waals surface area contributed by atoms with E-state index in [1.807, 2.05) is 6.08 Å². The van der Waals surface area contributed by atoms with Gasteiger partial charge in [0.1, 0.15) is 0 Å². The van der Waals surface area contributed by atoms with Gasteiger partial charge in [0.25, 0.3) is 0 Å². The number of para-hydroxylation sites is 2. The van der Waals surface area contributed by atoms with Crippen LogP contribution in [0.5, 0.6) is 0 Å². The van der Waals surface area contributed by atoms with E-state index in [9.17, 15) is 0 Å². The second-order valence-electron chi connectivity index (χ2n) is 6.60. The third-order valence-corrected chi connectivity index (χ3v) is 4.89. The highest BCUT2D eigenvalue weighted by atomic mass is 15.0. The molecule has 3 aromatic carbocycles. The number of fused-ring (bicyclic) bond motifs is 3. The molecule has 0 saturated heterocycles. The van der Waals surface area contributed by atoms with E-state index in [1.165, 1.54) is 38.6 Å². The van der Waals surface area contributed by atoms with Crippen LogP contribution < -0.4 is 0 Å². The molecule has 0 aliphatic rings. The van der Waals surface area contributed by atoms with Gasteiger partial charge >= 0.3 is 0 Å². The lowest BCUT2D eigenvalue weighted by molar-refractivity contribution is 0.973. The first-order valence-corrected chi connectivity index (χ1v) is 9.24. The first-order valence-electron chi connectivity index (χ1n) is 9.24. The minimum absolute atomic E-state index is 1.06. The number of rotatable bonds is 5. The minimum Gasteiger partial charge on any atom is -0.309 e. The van der Waals surface area contributed by atoms with Gasteiger partial charge in [-0.25, -0.2) is 0 Å². The molecule has 0 N–H and O–H groups in total. The zero-order valence-corrected chi connectivity index (χ0v) is 15.2. The van der Waals surface area contributed by atoms with Crippen LogP contribution in [0.3, 0.4) is 0 Å². The van der Waals surface area contributed by atoms with Gasteiger partial charge < -0.3 is 4.57 Å². The molecular formula is C25H23N. The summed E-state index contributed by atoms with van der Waals surface area (Å²) in [7, 11) is 0. The van der Waals surface area contributed by atoms with Crippen molar-refractivity contribution in [1.82, 2.24) is 4.57 Å². The second kappa shape index (κ2) is 7.05. The maximum absolute atomic E-state index is 3.88. The molecule has 0 saturated carbocycles. The van der Waals surface area contributed by atoms with Gasteiger partial charge in [0.05, 0.1) is 11.0 Å². The summed E-state index contributed by atoms with van der Waals surface area (Å²) in [5.74, 6) is 0. The first kappa shape index (κ1) is 16.4. The van der Waals surface area contributed by atoms with E-state index >= 15 is 0 Å². The van der Waals surface area contributed by atoms with E-state index in [2.05, 4.69) is 96.9 Å². The fourth-order valence-corrected chi connectivity index (χ4v) is 3.78. The molecule has 4 rings (SSSR count). The molecule has 0 bridgehead atoms. The highest BCUT2D eigenvalue weighted by Crippen LogP contribution is 2.32. The summed E-state index contributed by atoms with van der Waals surface area (Å²) in [6, 6.07) is 26.1. The van der Waals surface area contributed by atoms with E-state index in [-0.39, 0.29) is 0 Å². The van der Waals surface area contributed by atoms with Crippen molar-refractivity contribution in [2.45, 2.75) is 19.8 Å². The molecule has 1 heterocycles. The van der Waals surface area contributed by atoms with Gasteiger partial charge in [0, 0.05) is 16.5 Å². The van der Waals surface area contributed by atoms with Crippen LogP contribution in [0.2, 0.25) is 0 Å². The zero-order chi connectivity index (χ0) is 17.9. The Morgan fingerprint density at radius 1 is 0.885 bits per heavy atom. The number of aromatic nitrogens is 1. The minimum atomic E-state index is 1.06. The van der Waals surface area contributed by atoms with E-state index in [0.29, 0.717) is 0 Å². The molecule has 0 fully saturated rings. The van der Waals surface area contributed by atoms with Crippen LogP contribution in [-0.4, -0.2) is 4.57 Å². The standard InChI is InChI=1S/C25H23N/c1-3-10-19(11-4-2)20-12-9-13-21(18-20)26-24-16-7-5-14-22(24)23-15-6-8-17-25(23)26/h3,5-10,12-18H,1,4,11H2,2H3/b19-10+. The summed E-state index contributed by atoms with van der Waals surface area (Å²) in [5, 5.41) is 2.59. The van der Waals surface area contributed by atoms with Gasteiger partial charge in [0.2, 0.25) is 0 Å². The number of allylic oxidation sites excluding steroid dienone is 3. The van der Waals surface area contributed by atoms with Gasteiger partial charge in [-0.15, -0.1) is 0 Å². The third-order valence-electron chi connectivity index (χ3n) is 4.89. The molecule has 1 nitrogen and oxygen atoms in total. The van der Waals surface area contributed by atoms with E-state index < -0.39 is 0 Å². The number of nitrogens with zero attached hydrogens (tertiary/aromatic N) is 1. The Morgan fingerprint density at radius 2 is 1.54 bits per heavy atom. The first-order chi connectivity index (χ1) is 12.8. The van der Waals surface area contributed by atoms with Crippen LogP contribution >= 0.6 is 0 Å². The smallest absolute Gasteiger partial charge is 0.0541 e. The Morgan fingerprint density at radius 3 is 2.15 bits per heavy atom. The molecule has 0 atom stereocenters. The highest BCUT2D eigenvalue weighted by molar-refractivity contribution is 6.09. The van der Waals surface area contributed by atoms with Crippen LogP contribution in [0.25, 0.3) is 33.1 Å². The monoisotopic (exact) mass is 337 g/mol. The molecule has 128 valence electrons. The molecule has 26 heavy (non-hydrogen) atoms. The summed E-state index contributed by atoms with van der Waals surface area (Å²) in [6.07, 6.45) is 6.20. The van der Waals surface area contributed by atoms with E-state index in [0.717, 1.165) is 12.8 Å². The lowest BCUT2D eigenvalue weighted by Gasteiger charge is -2.12. The molecule has 0 aliphatic carbocycles. The quantitative estimate of drug-likeness (QED) is 0.341. The van der Waals surface area contributed by atoms with Crippen molar-refractivity contribution < 1.29 is 0 Å². The molecule has 0 aliphatic heterocycles. The average Bonchev–Trinajstić information content (AvgIpc) is 3.02. The van der Waals surface area contributed by atoms with Crippen LogP contribution in [0.1, 0.15) is 25.3 Å². The van der Waals surface area contributed by atoms with Crippen molar-refractivity contribution in [3.8, 4) is 5.69 Å². The maximum atomic E-state index is 3.88. The Balaban J connectivity index is 1.97. The predicted molar refractivity (Wildman–Crippen MR) is 114 cm³/mol. The lowest BCUT2D eigenvalue weighted by atomic mass is 10.0. The van der Waals surface area contributed by atoms with Crippen molar-refractivity contribution in [1.29, 1.82) is 0 Å². The van der Waals surface area contributed by atoms with E-state index in [4.69, 9.17) is 0 Å². The topological polar surface area (TPSA) is 4.93 Å². The summed E-state index contributed by atoms with van der Waals surface area (Å²) < 4.78 is 2.37. The number of benzene rings is 3. The molecule has 1 aromatic heterocycles. The summed E-state index contributed by atoms with van der Waals surface area (Å²) in [6.45, 7) is 6.10. The second-order valence-corrected chi connectivity index (χ2v) is 6.60. The van der Waals surface area contributed by atoms with Crippen molar-refractivity contribution in [3.05, 3.63) is 97.1 Å². The fraction of sp³-hybridized carbons (Fsp3) is 0.120. The van der Waals surface area contributed by atoms with Crippen molar-refractivity contribution in [2.24, 2.45) is 0 Å². The van der Waals surface area contributed by atoms with Crippen LogP contribution in [0.4, 0.5) is 0 Å². The molecule has 0 amide bonds. The summed E-state index contributed by atoms with van der Waals surface area (Å²) in [4.78, 5) is 0. The SMILES string of the molecule is C=C/C=C(\CCC)c1cccc(-n2c3ccccc3c3ccccc32)c1. The molecule has 0 unspecified atom stereocenters. The van der Waals surface area contributed by atoms with Gasteiger partial charge in [-0.2, -0.15) is 0 Å². The largest absolute Gasteiger partial charge is 0.309 e. The fourth-order valence-electron chi connectivity index (χ4n) is 3.78.